The number of methoxy groups -OCH3 is 1. The molecule has 114 valence electrons. The second-order valence-electron chi connectivity index (χ2n) is 5.69. The summed E-state index contributed by atoms with van der Waals surface area (Å²) >= 11 is 0. The van der Waals surface area contributed by atoms with Crippen molar-refractivity contribution in [3.8, 4) is 0 Å². The number of esters is 1. The number of carbonyl (C=O) groups is 2. The minimum absolute atomic E-state index is 0.0487. The molecule has 2 rings (SSSR count). The summed E-state index contributed by atoms with van der Waals surface area (Å²) < 4.78 is 4.55. The average Bonchev–Trinajstić information content (AvgIpc) is 2.77. The molecule has 1 amide bonds. The Morgan fingerprint density at radius 1 is 1.30 bits per heavy atom. The number of carbonyl (C=O) groups excluding carboxylic acids is 2. The van der Waals surface area contributed by atoms with E-state index >= 15 is 0 Å². The van der Waals surface area contributed by atoms with Crippen molar-refractivity contribution in [2.75, 3.05) is 33.3 Å². The molecule has 0 spiro atoms. The summed E-state index contributed by atoms with van der Waals surface area (Å²) in [7, 11) is 1.38. The van der Waals surface area contributed by atoms with Crippen molar-refractivity contribution in [2.45, 2.75) is 44.2 Å². The molecule has 2 atom stereocenters. The second-order valence-corrected chi connectivity index (χ2v) is 5.69. The number of hydrogen-bond acceptors (Lipinski definition) is 5. The maximum atomic E-state index is 11.9. The molecule has 0 radical (unpaired) electrons. The summed E-state index contributed by atoms with van der Waals surface area (Å²) in [4.78, 5) is 25.0. The van der Waals surface area contributed by atoms with E-state index in [9.17, 15) is 9.59 Å². The molecular weight excluding hydrogens is 258 g/mol. The number of rotatable bonds is 6. The predicted molar refractivity (Wildman–Crippen MR) is 75.3 cm³/mol. The van der Waals surface area contributed by atoms with Crippen molar-refractivity contribution >= 4 is 11.9 Å². The van der Waals surface area contributed by atoms with Gasteiger partial charge < -0.3 is 15.4 Å². The molecular formula is C14H25N3O3. The van der Waals surface area contributed by atoms with Crippen LogP contribution in [-0.4, -0.2) is 62.1 Å². The molecule has 2 heterocycles. The number of likely N-dealkylation sites (tertiary alicyclic amines) is 1. The van der Waals surface area contributed by atoms with Crippen LogP contribution < -0.4 is 10.6 Å². The van der Waals surface area contributed by atoms with Crippen LogP contribution in [0, 0.1) is 0 Å². The van der Waals surface area contributed by atoms with Crippen molar-refractivity contribution in [1.82, 2.24) is 15.5 Å². The van der Waals surface area contributed by atoms with Gasteiger partial charge in [0.2, 0.25) is 5.91 Å². The lowest BCUT2D eigenvalue weighted by molar-refractivity contribution is -0.140. The van der Waals surface area contributed by atoms with E-state index in [-0.39, 0.29) is 11.9 Å². The molecule has 2 saturated heterocycles. The third-order valence-corrected chi connectivity index (χ3v) is 4.08. The number of nitrogens with one attached hydrogen (secondary N) is 2. The molecule has 6 heteroatoms. The van der Waals surface area contributed by atoms with Crippen LogP contribution in [0.3, 0.4) is 0 Å². The third-order valence-electron chi connectivity index (χ3n) is 4.08. The van der Waals surface area contributed by atoms with Gasteiger partial charge in [-0.1, -0.05) is 0 Å². The van der Waals surface area contributed by atoms with E-state index in [2.05, 4.69) is 20.3 Å². The molecule has 20 heavy (non-hydrogen) atoms. The molecule has 2 N–H and O–H groups in total. The Labute approximate surface area is 120 Å². The van der Waals surface area contributed by atoms with E-state index in [1.54, 1.807) is 0 Å². The highest BCUT2D eigenvalue weighted by Gasteiger charge is 2.29. The summed E-state index contributed by atoms with van der Waals surface area (Å²) in [6, 6.07) is 1.20. The fraction of sp³-hybridized carbons (Fsp3) is 0.857. The summed E-state index contributed by atoms with van der Waals surface area (Å²) in [5, 5.41) is 6.47. The van der Waals surface area contributed by atoms with Gasteiger partial charge in [0.15, 0.2) is 0 Å². The van der Waals surface area contributed by atoms with Gasteiger partial charge in [-0.3, -0.25) is 14.5 Å². The lowest BCUT2D eigenvalue weighted by atomic mass is 10.1. The highest BCUT2D eigenvalue weighted by molar-refractivity contribution is 5.78. The highest BCUT2D eigenvalue weighted by atomic mass is 16.5. The zero-order valence-electron chi connectivity index (χ0n) is 12.2. The van der Waals surface area contributed by atoms with Gasteiger partial charge in [-0.05, 0) is 25.7 Å². The topological polar surface area (TPSA) is 70.7 Å². The first-order valence-corrected chi connectivity index (χ1v) is 7.49. The normalized spacial score (nSPS) is 26.1. The van der Waals surface area contributed by atoms with E-state index in [4.69, 9.17) is 0 Å². The van der Waals surface area contributed by atoms with Gasteiger partial charge in [-0.25, -0.2) is 0 Å². The molecule has 2 aliphatic heterocycles. The Morgan fingerprint density at radius 2 is 2.10 bits per heavy atom. The number of fused-ring (bicyclic) bond motifs is 2. The van der Waals surface area contributed by atoms with Gasteiger partial charge in [-0.2, -0.15) is 0 Å². The van der Waals surface area contributed by atoms with Crippen molar-refractivity contribution < 1.29 is 14.3 Å². The Balaban J connectivity index is 1.60. The molecule has 0 aromatic rings. The third kappa shape index (κ3) is 4.76. The number of ether oxygens (including phenoxy) is 1. The summed E-state index contributed by atoms with van der Waals surface area (Å²) in [6.45, 7) is 2.95. The molecule has 2 unspecified atom stereocenters. The SMILES string of the molecule is COC(=O)CCCNC(=O)CN1CCC2CCC(C1)N2. The fourth-order valence-electron chi connectivity index (χ4n) is 2.98. The van der Waals surface area contributed by atoms with Gasteiger partial charge in [0.25, 0.3) is 0 Å². The van der Waals surface area contributed by atoms with Crippen LogP contribution in [0.5, 0.6) is 0 Å². The first-order valence-electron chi connectivity index (χ1n) is 7.49. The minimum Gasteiger partial charge on any atom is -0.469 e. The minimum atomic E-state index is -0.228. The van der Waals surface area contributed by atoms with Crippen molar-refractivity contribution in [1.29, 1.82) is 0 Å². The fourth-order valence-corrected chi connectivity index (χ4v) is 2.98. The van der Waals surface area contributed by atoms with E-state index in [1.807, 2.05) is 0 Å². The molecule has 6 nitrogen and oxygen atoms in total. The first kappa shape index (κ1) is 15.3. The average molecular weight is 283 g/mol. The van der Waals surface area contributed by atoms with Crippen LogP contribution >= 0.6 is 0 Å². The molecule has 0 aromatic carbocycles. The summed E-state index contributed by atoms with van der Waals surface area (Å²) in [5.74, 6) is -0.179. The van der Waals surface area contributed by atoms with Crippen LogP contribution in [0.15, 0.2) is 0 Å². The van der Waals surface area contributed by atoms with Crippen LogP contribution in [0.1, 0.15) is 32.1 Å². The number of hydrogen-bond donors (Lipinski definition) is 2. The Bertz CT molecular complexity index is 349. The Kier molecular flexibility index (Phi) is 5.79. The lowest BCUT2D eigenvalue weighted by Crippen LogP contribution is -2.42. The van der Waals surface area contributed by atoms with Crippen molar-refractivity contribution in [2.24, 2.45) is 0 Å². The zero-order chi connectivity index (χ0) is 14.4. The van der Waals surface area contributed by atoms with Gasteiger partial charge in [0, 0.05) is 38.1 Å². The van der Waals surface area contributed by atoms with E-state index in [0.29, 0.717) is 38.0 Å². The van der Waals surface area contributed by atoms with Crippen LogP contribution in [0.25, 0.3) is 0 Å². The van der Waals surface area contributed by atoms with Crippen molar-refractivity contribution in [3.63, 3.8) is 0 Å². The van der Waals surface area contributed by atoms with Crippen LogP contribution in [0.4, 0.5) is 0 Å². The molecule has 2 bridgehead atoms. The van der Waals surface area contributed by atoms with E-state index < -0.39 is 0 Å². The summed E-state index contributed by atoms with van der Waals surface area (Å²) in [5.41, 5.74) is 0. The molecule has 2 fully saturated rings. The standard InChI is InChI=1S/C14H25N3O3/c1-20-14(19)3-2-7-15-13(18)10-17-8-6-11-4-5-12(9-17)16-11/h11-12,16H,2-10H2,1H3,(H,15,18). The van der Waals surface area contributed by atoms with Gasteiger partial charge in [0.1, 0.15) is 0 Å². The lowest BCUT2D eigenvalue weighted by Gasteiger charge is -2.23. The Morgan fingerprint density at radius 3 is 2.90 bits per heavy atom. The van der Waals surface area contributed by atoms with E-state index in [1.165, 1.54) is 20.0 Å². The molecule has 0 aliphatic carbocycles. The maximum absolute atomic E-state index is 11.9. The Hall–Kier alpha value is -1.14. The van der Waals surface area contributed by atoms with Gasteiger partial charge in [0.05, 0.1) is 13.7 Å². The zero-order valence-corrected chi connectivity index (χ0v) is 12.2. The maximum Gasteiger partial charge on any atom is 0.305 e. The molecule has 0 aromatic heterocycles. The number of amides is 1. The highest BCUT2D eigenvalue weighted by Crippen LogP contribution is 2.19. The first-order chi connectivity index (χ1) is 9.67. The van der Waals surface area contributed by atoms with Gasteiger partial charge in [-0.15, -0.1) is 0 Å². The van der Waals surface area contributed by atoms with Gasteiger partial charge >= 0.3 is 5.97 Å². The molecule has 2 aliphatic rings. The van der Waals surface area contributed by atoms with Crippen molar-refractivity contribution in [3.05, 3.63) is 0 Å². The number of nitrogens with zero attached hydrogens (tertiary/aromatic N) is 1. The monoisotopic (exact) mass is 283 g/mol. The molecule has 0 saturated carbocycles. The van der Waals surface area contributed by atoms with Crippen LogP contribution in [-0.2, 0) is 14.3 Å². The second kappa shape index (κ2) is 7.59. The van der Waals surface area contributed by atoms with Crippen LogP contribution in [0.2, 0.25) is 0 Å². The van der Waals surface area contributed by atoms with E-state index in [0.717, 1.165) is 19.5 Å². The largest absolute Gasteiger partial charge is 0.469 e. The smallest absolute Gasteiger partial charge is 0.305 e. The quantitative estimate of drug-likeness (QED) is 0.525. The summed E-state index contributed by atoms with van der Waals surface area (Å²) in [6.07, 6.45) is 4.62. The predicted octanol–water partition coefficient (Wildman–Crippen LogP) is -0.118.